The number of rotatable bonds is 6. The molecule has 0 aliphatic heterocycles. The zero-order valence-electron chi connectivity index (χ0n) is 12.9. The van der Waals surface area contributed by atoms with E-state index in [1.54, 1.807) is 11.3 Å². The van der Waals surface area contributed by atoms with Gasteiger partial charge in [-0.25, -0.2) is 0 Å². The Morgan fingerprint density at radius 1 is 1.09 bits per heavy atom. The molecule has 0 aliphatic carbocycles. The molecule has 2 aromatic heterocycles. The van der Waals surface area contributed by atoms with Crippen molar-refractivity contribution >= 4 is 21.4 Å². The Morgan fingerprint density at radius 3 is 2.68 bits per heavy atom. The zero-order valence-corrected chi connectivity index (χ0v) is 13.7. The summed E-state index contributed by atoms with van der Waals surface area (Å²) in [6, 6.07) is 12.5. The van der Waals surface area contributed by atoms with Crippen LogP contribution in [0.5, 0.6) is 0 Å². The highest BCUT2D eigenvalue weighted by Crippen LogP contribution is 2.23. The molecule has 2 nitrogen and oxygen atoms in total. The Hall–Kier alpha value is -1.87. The van der Waals surface area contributed by atoms with Crippen LogP contribution >= 0.6 is 11.3 Å². The maximum atomic E-state index is 12.6. The van der Waals surface area contributed by atoms with Gasteiger partial charge < -0.3 is 4.57 Å². The van der Waals surface area contributed by atoms with E-state index in [0.717, 1.165) is 29.5 Å². The van der Waals surface area contributed by atoms with Crippen LogP contribution in [0.25, 0.3) is 10.1 Å². The fourth-order valence-corrected chi connectivity index (χ4v) is 3.71. The summed E-state index contributed by atoms with van der Waals surface area (Å²) in [4.78, 5) is 12.6. The van der Waals surface area contributed by atoms with Gasteiger partial charge in [0, 0.05) is 18.1 Å². The molecule has 0 amide bonds. The van der Waals surface area contributed by atoms with E-state index in [2.05, 4.69) is 43.5 Å². The van der Waals surface area contributed by atoms with Gasteiger partial charge in [0.25, 0.3) is 5.56 Å². The van der Waals surface area contributed by atoms with E-state index in [1.165, 1.54) is 24.0 Å². The van der Waals surface area contributed by atoms with Crippen molar-refractivity contribution in [2.45, 2.75) is 39.2 Å². The Bertz CT molecular complexity index is 801. The molecule has 114 valence electrons. The van der Waals surface area contributed by atoms with E-state index >= 15 is 0 Å². The van der Waals surface area contributed by atoms with Gasteiger partial charge >= 0.3 is 0 Å². The average Bonchev–Trinajstić information content (AvgIpc) is 3.03. The molecule has 0 unspecified atom stereocenters. The van der Waals surface area contributed by atoms with E-state index < -0.39 is 0 Å². The van der Waals surface area contributed by atoms with Crippen LogP contribution in [-0.4, -0.2) is 4.57 Å². The molecular weight excluding hydrogens is 290 g/mol. The van der Waals surface area contributed by atoms with Crippen LogP contribution in [-0.2, 0) is 13.0 Å². The lowest BCUT2D eigenvalue weighted by Gasteiger charge is -2.10. The van der Waals surface area contributed by atoms with Crippen LogP contribution in [0.2, 0.25) is 0 Å². The first kappa shape index (κ1) is 15.0. The Kier molecular flexibility index (Phi) is 4.74. The number of pyridine rings is 1. The Labute approximate surface area is 135 Å². The summed E-state index contributed by atoms with van der Waals surface area (Å²) in [5.74, 6) is 0. The molecular formula is C19H21NOS. The summed E-state index contributed by atoms with van der Waals surface area (Å²) in [6.07, 6.45) is 6.36. The van der Waals surface area contributed by atoms with E-state index in [1.807, 2.05) is 16.0 Å². The molecule has 0 bridgehead atoms. The fraction of sp³-hybridized carbons (Fsp3) is 0.316. The third kappa shape index (κ3) is 3.14. The molecule has 0 saturated carbocycles. The highest BCUT2D eigenvalue weighted by molar-refractivity contribution is 7.17. The summed E-state index contributed by atoms with van der Waals surface area (Å²) in [7, 11) is 0. The van der Waals surface area contributed by atoms with Crippen molar-refractivity contribution in [3.05, 3.63) is 69.5 Å². The maximum absolute atomic E-state index is 12.6. The van der Waals surface area contributed by atoms with Gasteiger partial charge in [-0.1, -0.05) is 50.1 Å². The third-order valence-electron chi connectivity index (χ3n) is 4.02. The molecule has 3 aromatic rings. The van der Waals surface area contributed by atoms with Crippen LogP contribution < -0.4 is 5.56 Å². The number of hydrogen-bond acceptors (Lipinski definition) is 2. The molecule has 22 heavy (non-hydrogen) atoms. The summed E-state index contributed by atoms with van der Waals surface area (Å²) < 4.78 is 2.80. The van der Waals surface area contributed by atoms with Gasteiger partial charge in [0.1, 0.15) is 0 Å². The quantitative estimate of drug-likeness (QED) is 0.597. The number of aromatic nitrogens is 1. The van der Waals surface area contributed by atoms with E-state index in [9.17, 15) is 4.79 Å². The first-order valence-electron chi connectivity index (χ1n) is 7.93. The van der Waals surface area contributed by atoms with Gasteiger partial charge in [-0.2, -0.15) is 0 Å². The monoisotopic (exact) mass is 311 g/mol. The smallest absolute Gasteiger partial charge is 0.268 e. The summed E-state index contributed by atoms with van der Waals surface area (Å²) in [5.41, 5.74) is 2.70. The van der Waals surface area contributed by atoms with Gasteiger partial charge in [-0.15, -0.1) is 11.3 Å². The van der Waals surface area contributed by atoms with Crippen LogP contribution in [0.15, 0.2) is 52.8 Å². The average molecular weight is 311 g/mol. The van der Waals surface area contributed by atoms with Gasteiger partial charge in [-0.05, 0) is 35.4 Å². The van der Waals surface area contributed by atoms with Crippen molar-refractivity contribution in [1.82, 2.24) is 4.57 Å². The molecule has 0 radical (unpaired) electrons. The van der Waals surface area contributed by atoms with Crippen molar-refractivity contribution in [3.63, 3.8) is 0 Å². The second-order valence-electron chi connectivity index (χ2n) is 5.69. The van der Waals surface area contributed by atoms with Crippen LogP contribution in [0.3, 0.4) is 0 Å². The van der Waals surface area contributed by atoms with Crippen molar-refractivity contribution in [3.8, 4) is 0 Å². The third-order valence-corrected chi connectivity index (χ3v) is 4.92. The van der Waals surface area contributed by atoms with E-state index in [0.29, 0.717) is 0 Å². The lowest BCUT2D eigenvalue weighted by Crippen LogP contribution is -2.20. The lowest BCUT2D eigenvalue weighted by atomic mass is 10.0. The summed E-state index contributed by atoms with van der Waals surface area (Å²) >= 11 is 1.56. The maximum Gasteiger partial charge on any atom is 0.268 e. The molecule has 0 fully saturated rings. The zero-order chi connectivity index (χ0) is 15.4. The molecule has 2 heterocycles. The topological polar surface area (TPSA) is 22.0 Å². The number of unbranched alkanes of at least 4 members (excludes halogenated alkanes) is 2. The molecule has 0 N–H and O–H groups in total. The summed E-state index contributed by atoms with van der Waals surface area (Å²) in [6.45, 7) is 3.01. The molecule has 0 saturated heterocycles. The van der Waals surface area contributed by atoms with Crippen LogP contribution in [0.1, 0.15) is 37.3 Å². The number of thiophene rings is 1. The van der Waals surface area contributed by atoms with Gasteiger partial charge in [0.15, 0.2) is 0 Å². The minimum absolute atomic E-state index is 0.165. The second kappa shape index (κ2) is 6.93. The van der Waals surface area contributed by atoms with Crippen LogP contribution in [0, 0.1) is 0 Å². The normalized spacial score (nSPS) is 11.1. The lowest BCUT2D eigenvalue weighted by molar-refractivity contribution is 0.589. The Morgan fingerprint density at radius 2 is 1.91 bits per heavy atom. The molecule has 3 heteroatoms. The highest BCUT2D eigenvalue weighted by atomic mass is 32.1. The van der Waals surface area contributed by atoms with E-state index in [4.69, 9.17) is 0 Å². The van der Waals surface area contributed by atoms with E-state index in [-0.39, 0.29) is 5.56 Å². The number of fused-ring (bicyclic) bond motifs is 1. The molecule has 0 atom stereocenters. The molecule has 3 rings (SSSR count). The standard InChI is InChI=1S/C19H21NOS/c1-2-3-7-11-20-14-16(13-15-8-5-4-6-9-15)17-10-12-22-18(17)19(20)21/h4-6,8-10,12,14H,2-3,7,11,13H2,1H3. The van der Waals surface area contributed by atoms with Crippen molar-refractivity contribution in [2.75, 3.05) is 0 Å². The molecule has 0 spiro atoms. The van der Waals surface area contributed by atoms with Crippen molar-refractivity contribution in [2.24, 2.45) is 0 Å². The van der Waals surface area contributed by atoms with Gasteiger partial charge in [0.2, 0.25) is 0 Å². The number of hydrogen-bond donors (Lipinski definition) is 0. The Balaban J connectivity index is 1.99. The minimum atomic E-state index is 0.165. The SMILES string of the molecule is CCCCCn1cc(Cc2ccccc2)c2ccsc2c1=O. The van der Waals surface area contributed by atoms with Gasteiger partial charge in [0.05, 0.1) is 4.70 Å². The predicted octanol–water partition coefficient (Wildman–Crippen LogP) is 4.84. The number of benzene rings is 1. The first-order chi connectivity index (χ1) is 10.8. The predicted molar refractivity (Wildman–Crippen MR) is 94.9 cm³/mol. The fourth-order valence-electron chi connectivity index (χ4n) is 2.83. The largest absolute Gasteiger partial charge is 0.314 e. The minimum Gasteiger partial charge on any atom is -0.314 e. The van der Waals surface area contributed by atoms with Crippen LogP contribution in [0.4, 0.5) is 0 Å². The summed E-state index contributed by atoms with van der Waals surface area (Å²) in [5, 5.41) is 3.14. The molecule has 0 aliphatic rings. The van der Waals surface area contributed by atoms with Crippen molar-refractivity contribution in [1.29, 1.82) is 0 Å². The number of nitrogens with zero attached hydrogens (tertiary/aromatic N) is 1. The molecule has 1 aromatic carbocycles. The number of aryl methyl sites for hydroxylation is 1. The van der Waals surface area contributed by atoms with Gasteiger partial charge in [-0.3, -0.25) is 4.79 Å². The first-order valence-corrected chi connectivity index (χ1v) is 8.81. The second-order valence-corrected chi connectivity index (χ2v) is 6.60. The highest BCUT2D eigenvalue weighted by Gasteiger charge is 2.10. The van der Waals surface area contributed by atoms with Crippen molar-refractivity contribution < 1.29 is 0 Å².